The number of fused-ring (bicyclic) bond motifs is 1. The molecule has 3 rings (SSSR count). The number of para-hydroxylation sites is 1. The first-order chi connectivity index (χ1) is 12.4. The molecule has 6 nitrogen and oxygen atoms in total. The van der Waals surface area contributed by atoms with Crippen LogP contribution in [0.2, 0.25) is 0 Å². The molecule has 136 valence electrons. The maximum atomic E-state index is 13.0. The highest BCUT2D eigenvalue weighted by molar-refractivity contribution is 7.93. The fourth-order valence-electron chi connectivity index (χ4n) is 2.75. The molecule has 2 aromatic carbocycles. The summed E-state index contributed by atoms with van der Waals surface area (Å²) >= 11 is 0. The van der Waals surface area contributed by atoms with Crippen LogP contribution in [0.3, 0.4) is 0 Å². The number of sulfonamides is 1. The number of aryl methyl sites for hydroxylation is 2. The lowest BCUT2D eigenvalue weighted by Crippen LogP contribution is -2.15. The van der Waals surface area contributed by atoms with Crippen molar-refractivity contribution in [1.29, 1.82) is 0 Å². The highest BCUT2D eigenvalue weighted by Gasteiger charge is 2.20. The van der Waals surface area contributed by atoms with Gasteiger partial charge in [-0.1, -0.05) is 12.1 Å². The van der Waals surface area contributed by atoms with E-state index < -0.39 is 10.0 Å². The van der Waals surface area contributed by atoms with Gasteiger partial charge in [0.1, 0.15) is 4.90 Å². The van der Waals surface area contributed by atoms with Crippen LogP contribution in [0.4, 0.5) is 5.69 Å². The summed E-state index contributed by atoms with van der Waals surface area (Å²) < 4.78 is 39.1. The third kappa shape index (κ3) is 3.30. The minimum Gasteiger partial charge on any atom is -0.493 e. The van der Waals surface area contributed by atoms with Gasteiger partial charge in [-0.25, -0.2) is 8.42 Å². The molecule has 0 radical (unpaired) electrons. The highest BCUT2D eigenvalue weighted by Crippen LogP contribution is 2.34. The van der Waals surface area contributed by atoms with Crippen LogP contribution >= 0.6 is 0 Å². The number of aromatic nitrogens is 1. The van der Waals surface area contributed by atoms with Crippen molar-refractivity contribution in [1.82, 2.24) is 4.98 Å². The van der Waals surface area contributed by atoms with Gasteiger partial charge < -0.3 is 9.47 Å². The SMILES string of the molecule is COc1cc(C)c(NS(=O)(=O)c2cccc3cc(C)cnc23)cc1OC. The van der Waals surface area contributed by atoms with E-state index in [0.717, 1.165) is 16.5 Å². The third-order valence-electron chi connectivity index (χ3n) is 4.08. The molecule has 0 amide bonds. The largest absolute Gasteiger partial charge is 0.493 e. The van der Waals surface area contributed by atoms with E-state index in [4.69, 9.17) is 9.47 Å². The molecule has 3 aromatic rings. The summed E-state index contributed by atoms with van der Waals surface area (Å²) in [6.07, 6.45) is 1.66. The van der Waals surface area contributed by atoms with Gasteiger partial charge in [-0.3, -0.25) is 9.71 Å². The zero-order chi connectivity index (χ0) is 18.9. The van der Waals surface area contributed by atoms with Gasteiger partial charge in [0, 0.05) is 17.6 Å². The van der Waals surface area contributed by atoms with E-state index >= 15 is 0 Å². The van der Waals surface area contributed by atoms with Gasteiger partial charge >= 0.3 is 0 Å². The number of hydrogen-bond acceptors (Lipinski definition) is 5. The Hall–Kier alpha value is -2.80. The van der Waals surface area contributed by atoms with E-state index in [9.17, 15) is 8.42 Å². The summed E-state index contributed by atoms with van der Waals surface area (Å²) in [4.78, 5) is 4.44. The van der Waals surface area contributed by atoms with Crippen LogP contribution in [0.5, 0.6) is 11.5 Å². The average Bonchev–Trinajstić information content (AvgIpc) is 2.62. The molecule has 0 bridgehead atoms. The molecule has 0 saturated heterocycles. The average molecular weight is 372 g/mol. The topological polar surface area (TPSA) is 77.5 Å². The van der Waals surface area contributed by atoms with Gasteiger partial charge in [0.2, 0.25) is 0 Å². The number of hydrogen-bond donors (Lipinski definition) is 1. The Morgan fingerprint density at radius 1 is 1.00 bits per heavy atom. The van der Waals surface area contributed by atoms with Crippen molar-refractivity contribution in [2.24, 2.45) is 0 Å². The maximum Gasteiger partial charge on any atom is 0.264 e. The van der Waals surface area contributed by atoms with E-state index in [2.05, 4.69) is 9.71 Å². The number of pyridine rings is 1. The van der Waals surface area contributed by atoms with Crippen LogP contribution in [0.25, 0.3) is 10.9 Å². The first-order valence-electron chi connectivity index (χ1n) is 7.96. The lowest BCUT2D eigenvalue weighted by atomic mass is 10.2. The molecule has 0 aliphatic heterocycles. The normalized spacial score (nSPS) is 11.4. The van der Waals surface area contributed by atoms with Gasteiger partial charge in [-0.15, -0.1) is 0 Å². The van der Waals surface area contributed by atoms with Gasteiger partial charge in [-0.05, 0) is 43.2 Å². The zero-order valence-electron chi connectivity index (χ0n) is 15.0. The van der Waals surface area contributed by atoms with Crippen LogP contribution in [0.1, 0.15) is 11.1 Å². The van der Waals surface area contributed by atoms with Crippen molar-refractivity contribution >= 4 is 26.6 Å². The van der Waals surface area contributed by atoms with Crippen molar-refractivity contribution in [2.45, 2.75) is 18.7 Å². The van der Waals surface area contributed by atoms with Crippen molar-refractivity contribution < 1.29 is 17.9 Å². The Kier molecular flexibility index (Phi) is 4.73. The van der Waals surface area contributed by atoms with Crippen molar-refractivity contribution in [3.05, 3.63) is 53.7 Å². The van der Waals surface area contributed by atoms with Crippen molar-refractivity contribution in [2.75, 3.05) is 18.9 Å². The summed E-state index contributed by atoms with van der Waals surface area (Å²) in [6.45, 7) is 3.71. The second-order valence-electron chi connectivity index (χ2n) is 5.97. The molecule has 0 unspecified atom stereocenters. The Morgan fingerprint density at radius 2 is 1.69 bits per heavy atom. The molecule has 0 atom stereocenters. The summed E-state index contributed by atoms with van der Waals surface area (Å²) in [5.74, 6) is 0.984. The van der Waals surface area contributed by atoms with Gasteiger partial charge in [0.25, 0.3) is 10.0 Å². The Labute approximate surface area is 152 Å². The van der Waals surface area contributed by atoms with E-state index in [1.54, 1.807) is 37.4 Å². The number of ether oxygens (including phenoxy) is 2. The van der Waals surface area contributed by atoms with Crippen LogP contribution in [-0.4, -0.2) is 27.6 Å². The zero-order valence-corrected chi connectivity index (χ0v) is 15.8. The highest BCUT2D eigenvalue weighted by atomic mass is 32.2. The molecule has 26 heavy (non-hydrogen) atoms. The lowest BCUT2D eigenvalue weighted by molar-refractivity contribution is 0.355. The van der Waals surface area contributed by atoms with Gasteiger partial charge in [0.05, 0.1) is 25.4 Å². The Morgan fingerprint density at radius 3 is 2.38 bits per heavy atom. The van der Waals surface area contributed by atoms with E-state index in [1.165, 1.54) is 14.2 Å². The molecule has 0 fully saturated rings. The summed E-state index contributed by atoms with van der Waals surface area (Å²) in [7, 11) is -0.794. The number of anilines is 1. The van der Waals surface area contributed by atoms with Crippen LogP contribution < -0.4 is 14.2 Å². The molecule has 0 aliphatic rings. The molecular weight excluding hydrogens is 352 g/mol. The number of nitrogens with one attached hydrogen (secondary N) is 1. The number of rotatable bonds is 5. The molecule has 0 aliphatic carbocycles. The number of methoxy groups -OCH3 is 2. The standard InChI is InChI=1S/C19H20N2O4S/c1-12-8-14-6-5-7-18(19(14)20-11-12)26(22,23)21-15-10-17(25-4)16(24-3)9-13(15)2/h5-11,21H,1-4H3. The van der Waals surface area contributed by atoms with Crippen LogP contribution in [0, 0.1) is 13.8 Å². The lowest BCUT2D eigenvalue weighted by Gasteiger charge is -2.15. The van der Waals surface area contributed by atoms with Gasteiger partial charge in [-0.2, -0.15) is 0 Å². The van der Waals surface area contributed by atoms with E-state index in [-0.39, 0.29) is 4.90 Å². The van der Waals surface area contributed by atoms with E-state index in [0.29, 0.717) is 22.7 Å². The predicted octanol–water partition coefficient (Wildman–Crippen LogP) is 3.67. The van der Waals surface area contributed by atoms with Crippen molar-refractivity contribution in [3.8, 4) is 11.5 Å². The summed E-state index contributed by atoms with van der Waals surface area (Å²) in [6, 6.07) is 10.3. The smallest absolute Gasteiger partial charge is 0.264 e. The van der Waals surface area contributed by atoms with Crippen LogP contribution in [-0.2, 0) is 10.0 Å². The molecule has 0 saturated carbocycles. The Balaban J connectivity index is 2.08. The third-order valence-corrected chi connectivity index (χ3v) is 5.47. The molecule has 1 aromatic heterocycles. The Bertz CT molecular complexity index is 1080. The molecular formula is C19H20N2O4S. The summed E-state index contributed by atoms with van der Waals surface area (Å²) in [5, 5.41) is 0.775. The monoisotopic (exact) mass is 372 g/mol. The molecule has 0 spiro atoms. The van der Waals surface area contributed by atoms with Gasteiger partial charge in [0.15, 0.2) is 11.5 Å². The maximum absolute atomic E-state index is 13.0. The number of benzene rings is 2. The second kappa shape index (κ2) is 6.84. The quantitative estimate of drug-likeness (QED) is 0.739. The second-order valence-corrected chi connectivity index (χ2v) is 7.62. The fraction of sp³-hybridized carbons (Fsp3) is 0.211. The minimum atomic E-state index is -3.83. The molecule has 1 N–H and O–H groups in total. The fourth-order valence-corrected chi connectivity index (χ4v) is 4.05. The first kappa shape index (κ1) is 18.0. The predicted molar refractivity (Wildman–Crippen MR) is 102 cm³/mol. The molecule has 1 heterocycles. The van der Waals surface area contributed by atoms with E-state index in [1.807, 2.05) is 19.1 Å². The summed E-state index contributed by atoms with van der Waals surface area (Å²) in [5.41, 5.74) is 2.54. The van der Waals surface area contributed by atoms with Crippen LogP contribution in [0.15, 0.2) is 47.5 Å². The van der Waals surface area contributed by atoms with Crippen molar-refractivity contribution in [3.63, 3.8) is 0 Å². The molecule has 7 heteroatoms. The first-order valence-corrected chi connectivity index (χ1v) is 9.45. The minimum absolute atomic E-state index is 0.129. The number of nitrogens with zero attached hydrogens (tertiary/aromatic N) is 1.